The van der Waals surface area contributed by atoms with E-state index in [9.17, 15) is 14.4 Å². The largest absolute Gasteiger partial charge is 0.298 e. The molecule has 0 saturated carbocycles. The number of rotatable bonds is 6. The fourth-order valence-corrected chi connectivity index (χ4v) is 9.83. The summed E-state index contributed by atoms with van der Waals surface area (Å²) in [5.41, 5.74) is 7.74. The zero-order chi connectivity index (χ0) is 37.5. The standard InChI is InChI=1S/C48H25Br2NO4/c49-38-20-30(25-53)40-29(24-52)16-17-32-44-39(50)23-37-42-34(19-18-33(46(42)44)43(38)45(32)40)47(54)51(48(37)55)31-21-35(26-10-4-1-5-11-26)41(28-14-8-3-9-15-28)36(22-31)27-12-6-2-7-13-27/h1-25H. The topological polar surface area (TPSA) is 71.5 Å². The van der Waals surface area contributed by atoms with E-state index in [1.54, 1.807) is 24.3 Å². The summed E-state index contributed by atoms with van der Waals surface area (Å²) in [6, 6.07) is 44.9. The summed E-state index contributed by atoms with van der Waals surface area (Å²) in [7, 11) is 0. The van der Waals surface area contributed by atoms with Crippen LogP contribution in [0.4, 0.5) is 5.69 Å². The Morgan fingerprint density at radius 1 is 0.418 bits per heavy atom. The molecule has 0 saturated heterocycles. The molecule has 260 valence electrons. The van der Waals surface area contributed by atoms with E-state index in [1.165, 1.54) is 4.90 Å². The second-order valence-electron chi connectivity index (χ2n) is 13.7. The van der Waals surface area contributed by atoms with Gasteiger partial charge in [-0.3, -0.25) is 19.2 Å². The molecule has 0 atom stereocenters. The predicted molar refractivity (Wildman–Crippen MR) is 228 cm³/mol. The van der Waals surface area contributed by atoms with Gasteiger partial charge in [0.2, 0.25) is 0 Å². The Hall–Kier alpha value is -6.28. The van der Waals surface area contributed by atoms with Gasteiger partial charge in [-0.05, 0) is 79.9 Å². The summed E-state index contributed by atoms with van der Waals surface area (Å²) in [4.78, 5) is 55.8. The summed E-state index contributed by atoms with van der Waals surface area (Å²) < 4.78 is 1.33. The van der Waals surface area contributed by atoms with Gasteiger partial charge in [-0.1, -0.05) is 141 Å². The normalized spacial score (nSPS) is 12.7. The third kappa shape index (κ3) is 4.83. The molecule has 0 unspecified atom stereocenters. The minimum absolute atomic E-state index is 0.390. The molecule has 0 N–H and O–H groups in total. The second-order valence-corrected chi connectivity index (χ2v) is 15.4. The van der Waals surface area contributed by atoms with E-state index in [2.05, 4.69) is 44.0 Å². The van der Waals surface area contributed by atoms with Gasteiger partial charge in [0.05, 0.1) is 11.3 Å². The van der Waals surface area contributed by atoms with Gasteiger partial charge in [-0.15, -0.1) is 0 Å². The van der Waals surface area contributed by atoms with Crippen LogP contribution in [0.15, 0.2) is 148 Å². The molecule has 2 amide bonds. The Balaban J connectivity index is 1.27. The SMILES string of the molecule is O=Cc1ccc2c3c(Br)cc4c5c(ccc(c6c(Br)cc(C=O)c1c26)c53)C(=O)N(c1cc(-c2ccccc2)c(-c2ccccc2)c(-c2ccccc2)c1)C4=O. The Morgan fingerprint density at radius 2 is 0.909 bits per heavy atom. The molecule has 0 bridgehead atoms. The molecule has 7 heteroatoms. The quantitative estimate of drug-likeness (QED) is 0.0724. The Morgan fingerprint density at radius 3 is 1.47 bits per heavy atom. The van der Waals surface area contributed by atoms with Gasteiger partial charge < -0.3 is 0 Å². The van der Waals surface area contributed by atoms with Crippen LogP contribution >= 0.6 is 31.9 Å². The van der Waals surface area contributed by atoms with Gasteiger partial charge in [0.1, 0.15) is 0 Å². The van der Waals surface area contributed by atoms with Crippen molar-refractivity contribution in [2.45, 2.75) is 0 Å². The number of benzene rings is 9. The monoisotopic (exact) mass is 837 g/mol. The number of carbonyl (C=O) groups excluding carboxylic acids is 4. The average molecular weight is 840 g/mol. The van der Waals surface area contributed by atoms with Crippen LogP contribution in [0.2, 0.25) is 0 Å². The van der Waals surface area contributed by atoms with E-state index < -0.39 is 11.8 Å². The lowest BCUT2D eigenvalue weighted by molar-refractivity contribution is 0.0892. The number of nitrogens with zero attached hydrogens (tertiary/aromatic N) is 1. The van der Waals surface area contributed by atoms with E-state index in [0.717, 1.165) is 78.3 Å². The van der Waals surface area contributed by atoms with Gasteiger partial charge in [0, 0.05) is 52.6 Å². The first kappa shape index (κ1) is 33.3. The number of fused-ring (bicyclic) bond motifs is 2. The highest BCUT2D eigenvalue weighted by Crippen LogP contribution is 2.50. The van der Waals surface area contributed by atoms with Crippen molar-refractivity contribution in [2.75, 3.05) is 4.90 Å². The first-order valence-electron chi connectivity index (χ1n) is 17.6. The number of hydrogen-bond donors (Lipinski definition) is 0. The Kier molecular flexibility index (Phi) is 7.66. The number of imide groups is 1. The van der Waals surface area contributed by atoms with E-state index in [4.69, 9.17) is 0 Å². The number of anilines is 1. The number of carbonyl (C=O) groups is 4. The number of hydrogen-bond acceptors (Lipinski definition) is 4. The van der Waals surface area contributed by atoms with Crippen molar-refractivity contribution in [1.29, 1.82) is 0 Å². The van der Waals surface area contributed by atoms with Crippen molar-refractivity contribution in [3.63, 3.8) is 0 Å². The van der Waals surface area contributed by atoms with Crippen LogP contribution in [-0.2, 0) is 0 Å². The fraction of sp³-hybridized carbons (Fsp3) is 0. The molecule has 9 aromatic rings. The van der Waals surface area contributed by atoms with Gasteiger partial charge in [0.15, 0.2) is 12.6 Å². The Bertz CT molecular complexity index is 3060. The number of halogens is 2. The zero-order valence-electron chi connectivity index (χ0n) is 28.8. The van der Waals surface area contributed by atoms with Gasteiger partial charge in [0.25, 0.3) is 11.8 Å². The fourth-order valence-electron chi connectivity index (χ4n) is 8.53. The summed E-state index contributed by atoms with van der Waals surface area (Å²) >= 11 is 7.55. The lowest BCUT2D eigenvalue weighted by Crippen LogP contribution is -2.40. The molecule has 9 aromatic carbocycles. The van der Waals surface area contributed by atoms with E-state index in [0.29, 0.717) is 47.7 Å². The summed E-state index contributed by atoms with van der Waals surface area (Å²) in [5.74, 6) is -0.861. The average Bonchev–Trinajstić information content (AvgIpc) is 3.23. The molecule has 0 fully saturated rings. The van der Waals surface area contributed by atoms with Crippen LogP contribution < -0.4 is 4.90 Å². The van der Waals surface area contributed by atoms with E-state index in [-0.39, 0.29) is 0 Å². The third-order valence-electron chi connectivity index (χ3n) is 10.8. The van der Waals surface area contributed by atoms with Crippen LogP contribution in [0.3, 0.4) is 0 Å². The van der Waals surface area contributed by atoms with Gasteiger partial charge in [-0.2, -0.15) is 0 Å². The molecule has 1 aliphatic heterocycles. The lowest BCUT2D eigenvalue weighted by atomic mass is 9.83. The maximum absolute atomic E-state index is 15.0. The molecule has 0 radical (unpaired) electrons. The predicted octanol–water partition coefficient (Wildman–Crippen LogP) is 12.7. The lowest BCUT2D eigenvalue weighted by Gasteiger charge is -2.30. The van der Waals surface area contributed by atoms with Crippen molar-refractivity contribution in [3.05, 3.63) is 171 Å². The minimum atomic E-state index is -0.435. The van der Waals surface area contributed by atoms with Gasteiger partial charge in [-0.25, -0.2) is 4.90 Å². The summed E-state index contributed by atoms with van der Waals surface area (Å²) in [6.07, 6.45) is 1.52. The van der Waals surface area contributed by atoms with E-state index >= 15 is 4.79 Å². The molecule has 1 heterocycles. The van der Waals surface area contributed by atoms with Crippen LogP contribution in [0.1, 0.15) is 41.4 Å². The summed E-state index contributed by atoms with van der Waals surface area (Å²) in [5, 5.41) is 5.81. The van der Waals surface area contributed by atoms with Crippen molar-refractivity contribution in [2.24, 2.45) is 0 Å². The summed E-state index contributed by atoms with van der Waals surface area (Å²) in [6.45, 7) is 0. The smallest absolute Gasteiger partial charge is 0.266 e. The molecular formula is C48H25Br2NO4. The highest BCUT2D eigenvalue weighted by atomic mass is 79.9. The molecule has 55 heavy (non-hydrogen) atoms. The van der Waals surface area contributed by atoms with Crippen molar-refractivity contribution < 1.29 is 19.2 Å². The first-order chi connectivity index (χ1) is 26.9. The highest BCUT2D eigenvalue weighted by molar-refractivity contribution is 9.11. The highest BCUT2D eigenvalue weighted by Gasteiger charge is 2.37. The molecule has 0 aromatic heterocycles. The minimum Gasteiger partial charge on any atom is -0.298 e. The molecule has 1 aliphatic rings. The van der Waals surface area contributed by atoms with Crippen molar-refractivity contribution in [3.8, 4) is 33.4 Å². The number of amides is 2. The molecule has 10 rings (SSSR count). The Labute approximate surface area is 331 Å². The second kappa shape index (κ2) is 12.7. The zero-order valence-corrected chi connectivity index (χ0v) is 31.9. The van der Waals surface area contributed by atoms with Crippen molar-refractivity contribution in [1.82, 2.24) is 0 Å². The van der Waals surface area contributed by atoms with Crippen molar-refractivity contribution >= 4 is 105 Å². The maximum atomic E-state index is 15.0. The van der Waals surface area contributed by atoms with E-state index in [1.807, 2.05) is 103 Å². The maximum Gasteiger partial charge on any atom is 0.266 e. The van der Waals surface area contributed by atoms with Crippen LogP contribution in [-0.4, -0.2) is 24.4 Å². The first-order valence-corrected chi connectivity index (χ1v) is 19.2. The van der Waals surface area contributed by atoms with Gasteiger partial charge >= 0.3 is 0 Å². The third-order valence-corrected chi connectivity index (χ3v) is 12.1. The molecule has 0 spiro atoms. The number of aldehydes is 2. The van der Waals surface area contributed by atoms with Crippen LogP contribution in [0.5, 0.6) is 0 Å². The molecule has 0 aliphatic carbocycles. The van der Waals surface area contributed by atoms with Crippen LogP contribution in [0.25, 0.3) is 76.5 Å². The molecule has 5 nitrogen and oxygen atoms in total. The molecular weight excluding hydrogens is 814 g/mol. The van der Waals surface area contributed by atoms with Crippen LogP contribution in [0, 0.1) is 0 Å².